The first-order chi connectivity index (χ1) is 24.1. The van der Waals surface area contributed by atoms with Crippen LogP contribution in [0, 0.1) is 0 Å². The molecular weight excluding hydrogens is 652 g/mol. The zero-order valence-electron chi connectivity index (χ0n) is 27.7. The summed E-state index contributed by atoms with van der Waals surface area (Å²) in [5.41, 5.74) is 29.6. The number of nitrogens with zero attached hydrogens (tertiary/aromatic N) is 10. The number of carbonyl (C=O) groups is 3. The van der Waals surface area contributed by atoms with Gasteiger partial charge in [0.15, 0.2) is 12.4 Å². The van der Waals surface area contributed by atoms with Crippen LogP contribution >= 0.6 is 0 Å². The molecule has 1 aliphatic carbocycles. The Morgan fingerprint density at radius 3 is 1.92 bits per heavy atom. The quantitative estimate of drug-likeness (QED) is 0.0745. The van der Waals surface area contributed by atoms with Crippen molar-refractivity contribution in [3.63, 3.8) is 0 Å². The fraction of sp³-hybridized carbons (Fsp3) is 0.531. The number of hydrogen-bond donors (Lipinski definition) is 0. The molecule has 9 atom stereocenters. The van der Waals surface area contributed by atoms with Crippen molar-refractivity contribution in [1.29, 1.82) is 0 Å². The average molecular weight is 691 g/mol. The number of benzene rings is 2. The minimum Gasteiger partial charge on any atom is -0.458 e. The molecule has 264 valence electrons. The van der Waals surface area contributed by atoms with Crippen molar-refractivity contribution in [2.45, 2.75) is 108 Å². The van der Waals surface area contributed by atoms with E-state index in [0.29, 0.717) is 6.42 Å². The van der Waals surface area contributed by atoms with E-state index in [-0.39, 0.29) is 26.0 Å². The molecule has 2 aromatic carbocycles. The minimum absolute atomic E-state index is 0.0499. The highest BCUT2D eigenvalue weighted by Crippen LogP contribution is 2.36. The Morgan fingerprint density at radius 2 is 1.34 bits per heavy atom. The molecule has 0 bridgehead atoms. The van der Waals surface area contributed by atoms with Gasteiger partial charge in [0.05, 0.1) is 30.3 Å². The lowest BCUT2D eigenvalue weighted by atomic mass is 9.84. The monoisotopic (exact) mass is 690 g/mol. The van der Waals surface area contributed by atoms with Crippen molar-refractivity contribution in [1.82, 2.24) is 4.90 Å². The van der Waals surface area contributed by atoms with Gasteiger partial charge in [-0.25, -0.2) is 4.79 Å². The SMILES string of the molecule is CC(=O)OC1[C@@H](OC(C)=O)[C@H](N=[N+]=[N-])C[C@H](N=[N+]=[N-])[C@H]1O[C@H]1O[C@H]([C@H](C)N(Cc2ccccc2)C(=O)OCc2ccccc2)CC[C@H]1N=[N+]=[N-]. The molecule has 1 saturated heterocycles. The van der Waals surface area contributed by atoms with Crippen molar-refractivity contribution in [3.05, 3.63) is 103 Å². The van der Waals surface area contributed by atoms with E-state index in [1.54, 1.807) is 11.8 Å². The number of esters is 2. The molecule has 0 N–H and O–H groups in total. The van der Waals surface area contributed by atoms with Crippen LogP contribution in [0.25, 0.3) is 31.3 Å². The van der Waals surface area contributed by atoms with E-state index in [1.165, 1.54) is 0 Å². The molecule has 18 nitrogen and oxygen atoms in total. The maximum atomic E-state index is 13.6. The third kappa shape index (κ3) is 10.0. The van der Waals surface area contributed by atoms with Gasteiger partial charge in [-0.2, -0.15) is 0 Å². The molecule has 18 heteroatoms. The Balaban J connectivity index is 1.64. The van der Waals surface area contributed by atoms with Gasteiger partial charge in [-0.3, -0.25) is 14.5 Å². The predicted octanol–water partition coefficient (Wildman–Crippen LogP) is 6.41. The number of carbonyl (C=O) groups excluding carboxylic acids is 3. The van der Waals surface area contributed by atoms with E-state index in [0.717, 1.165) is 25.0 Å². The molecule has 2 aliphatic rings. The van der Waals surface area contributed by atoms with Gasteiger partial charge in [0.25, 0.3) is 0 Å². The van der Waals surface area contributed by atoms with Crippen LogP contribution in [0.4, 0.5) is 4.79 Å². The van der Waals surface area contributed by atoms with Crippen LogP contribution in [-0.4, -0.2) is 77.8 Å². The van der Waals surface area contributed by atoms with Crippen LogP contribution in [0.3, 0.4) is 0 Å². The molecule has 1 unspecified atom stereocenters. The predicted molar refractivity (Wildman–Crippen MR) is 175 cm³/mol. The van der Waals surface area contributed by atoms with E-state index in [9.17, 15) is 31.0 Å². The Bertz CT molecular complexity index is 1620. The molecule has 2 aromatic rings. The van der Waals surface area contributed by atoms with Crippen LogP contribution in [0.2, 0.25) is 0 Å². The standard InChI is InChI=1S/C32H38N10O8/c1-19(42(17-22-10-6-4-7-11-22)32(45)46-18-23-12-8-5-9-13-23)27-15-14-24(36-39-33)31(49-27)50-29-26(38-41-35)16-25(37-40-34)28(47-20(2)43)30(29)48-21(3)44/h4-13,19,24-31H,14-18H2,1-3H3/t19-,24+,25+,26-,27-,28-,29+,30?,31+/m0/s1. The molecule has 1 saturated carbocycles. The number of rotatable bonds is 13. The molecule has 4 rings (SSSR count). The van der Waals surface area contributed by atoms with E-state index in [2.05, 4.69) is 30.1 Å². The Hall–Kier alpha value is -5.50. The van der Waals surface area contributed by atoms with Crippen LogP contribution in [0.5, 0.6) is 0 Å². The molecule has 2 fully saturated rings. The van der Waals surface area contributed by atoms with Crippen molar-refractivity contribution < 1.29 is 38.1 Å². The Kier molecular flexibility index (Phi) is 13.7. The van der Waals surface area contributed by atoms with Gasteiger partial charge < -0.3 is 23.7 Å². The molecular formula is C32H38N10O8. The first-order valence-electron chi connectivity index (χ1n) is 15.9. The summed E-state index contributed by atoms with van der Waals surface area (Å²) in [5.74, 6) is -1.53. The highest BCUT2D eigenvalue weighted by molar-refractivity contribution is 5.68. The summed E-state index contributed by atoms with van der Waals surface area (Å²) in [5, 5.41) is 11.4. The van der Waals surface area contributed by atoms with E-state index < -0.39 is 72.9 Å². The molecule has 1 aliphatic heterocycles. The number of azide groups is 3. The second kappa shape index (κ2) is 18.3. The molecule has 0 spiro atoms. The summed E-state index contributed by atoms with van der Waals surface area (Å²) in [6.45, 7) is 4.30. The summed E-state index contributed by atoms with van der Waals surface area (Å²) in [7, 11) is 0. The van der Waals surface area contributed by atoms with Gasteiger partial charge in [0.2, 0.25) is 0 Å². The van der Waals surface area contributed by atoms with Gasteiger partial charge in [-0.15, -0.1) is 0 Å². The fourth-order valence-electron chi connectivity index (χ4n) is 6.10. The molecule has 0 radical (unpaired) electrons. The second-order valence-electron chi connectivity index (χ2n) is 11.8. The normalized spacial score (nSPS) is 26.4. The van der Waals surface area contributed by atoms with Crippen LogP contribution in [0.15, 0.2) is 76.0 Å². The van der Waals surface area contributed by atoms with Crippen LogP contribution < -0.4 is 0 Å². The molecule has 50 heavy (non-hydrogen) atoms. The zero-order chi connectivity index (χ0) is 36.0. The highest BCUT2D eigenvalue weighted by atomic mass is 16.7. The van der Waals surface area contributed by atoms with Crippen molar-refractivity contribution >= 4 is 18.0 Å². The summed E-state index contributed by atoms with van der Waals surface area (Å²) >= 11 is 0. The van der Waals surface area contributed by atoms with Crippen LogP contribution in [-0.2, 0) is 46.4 Å². The molecule has 0 aromatic heterocycles. The first kappa shape index (κ1) is 37.3. The number of ether oxygens (including phenoxy) is 5. The fourth-order valence-corrected chi connectivity index (χ4v) is 6.10. The Morgan fingerprint density at radius 1 is 0.800 bits per heavy atom. The lowest BCUT2D eigenvalue weighted by Crippen LogP contribution is -2.60. The summed E-state index contributed by atoms with van der Waals surface area (Å²) in [6, 6.07) is 14.9. The topological polar surface area (TPSA) is 247 Å². The average Bonchev–Trinajstić information content (AvgIpc) is 3.10. The summed E-state index contributed by atoms with van der Waals surface area (Å²) in [4.78, 5) is 48.2. The maximum Gasteiger partial charge on any atom is 0.410 e. The van der Waals surface area contributed by atoms with E-state index in [1.807, 2.05) is 60.7 Å². The van der Waals surface area contributed by atoms with Gasteiger partial charge in [-0.1, -0.05) is 76.0 Å². The summed E-state index contributed by atoms with van der Waals surface area (Å²) in [6.07, 6.45) is -6.07. The second-order valence-corrected chi connectivity index (χ2v) is 11.8. The smallest absolute Gasteiger partial charge is 0.410 e. The van der Waals surface area contributed by atoms with Gasteiger partial charge in [-0.05, 0) is 53.9 Å². The minimum atomic E-state index is -1.41. The van der Waals surface area contributed by atoms with Crippen molar-refractivity contribution in [2.75, 3.05) is 0 Å². The third-order valence-electron chi connectivity index (χ3n) is 8.42. The zero-order valence-corrected chi connectivity index (χ0v) is 27.7. The highest BCUT2D eigenvalue weighted by Gasteiger charge is 2.51. The van der Waals surface area contributed by atoms with Crippen LogP contribution in [0.1, 0.15) is 51.2 Å². The Labute approximate surface area is 287 Å². The van der Waals surface area contributed by atoms with E-state index in [4.69, 9.17) is 23.7 Å². The van der Waals surface area contributed by atoms with Crippen molar-refractivity contribution in [2.24, 2.45) is 15.3 Å². The van der Waals surface area contributed by atoms with Crippen molar-refractivity contribution in [3.8, 4) is 0 Å². The van der Waals surface area contributed by atoms with E-state index >= 15 is 0 Å². The van der Waals surface area contributed by atoms with Gasteiger partial charge in [0.1, 0.15) is 18.8 Å². The lowest BCUT2D eigenvalue weighted by molar-refractivity contribution is -0.263. The largest absolute Gasteiger partial charge is 0.458 e. The number of hydrogen-bond acceptors (Lipinski definition) is 11. The maximum absolute atomic E-state index is 13.6. The van der Waals surface area contributed by atoms with Gasteiger partial charge >= 0.3 is 18.0 Å². The molecule has 1 heterocycles. The number of amides is 1. The van der Waals surface area contributed by atoms with Gasteiger partial charge in [0, 0.05) is 35.1 Å². The third-order valence-corrected chi connectivity index (χ3v) is 8.42. The first-order valence-corrected chi connectivity index (χ1v) is 15.9. The lowest BCUT2D eigenvalue weighted by Gasteiger charge is -2.46. The molecule has 1 amide bonds. The summed E-state index contributed by atoms with van der Waals surface area (Å²) < 4.78 is 29.5.